The monoisotopic (exact) mass is 496 g/mol. The second-order valence-corrected chi connectivity index (χ2v) is 7.00. The Morgan fingerprint density at radius 2 is 1.26 bits per heavy atom. The number of nitrogens with zero attached hydrogens (tertiary/aromatic N) is 2. The van der Waals surface area contributed by atoms with Gasteiger partial charge in [-0.2, -0.15) is 10.2 Å². The molecule has 0 spiro atoms. The van der Waals surface area contributed by atoms with Crippen LogP contribution in [0.25, 0.3) is 0 Å². The molecule has 2 aromatic rings. The predicted molar refractivity (Wildman–Crippen MR) is 108 cm³/mol. The number of carbonyl (C=O) groups is 2. The van der Waals surface area contributed by atoms with Crippen molar-refractivity contribution in [2.75, 3.05) is 0 Å². The molecule has 10 heteroatoms. The summed E-state index contributed by atoms with van der Waals surface area (Å²) < 4.78 is 1.48. The lowest BCUT2D eigenvalue weighted by atomic mass is 10.2. The fraction of sp³-hybridized carbons (Fsp3) is 0.0588. The molecule has 0 aliphatic heterocycles. The Morgan fingerprint density at radius 3 is 1.67 bits per heavy atom. The Kier molecular flexibility index (Phi) is 7.50. The number of benzene rings is 2. The number of halogens is 2. The average molecular weight is 498 g/mol. The molecule has 0 unspecified atom stereocenters. The largest absolute Gasteiger partial charge is 0.507 e. The number of aromatic hydroxyl groups is 2. The minimum Gasteiger partial charge on any atom is -0.507 e. The third-order valence-electron chi connectivity index (χ3n) is 3.09. The van der Waals surface area contributed by atoms with Gasteiger partial charge in [-0.15, -0.1) is 0 Å². The molecular weight excluding hydrogens is 484 g/mol. The van der Waals surface area contributed by atoms with Crippen molar-refractivity contribution in [2.45, 2.75) is 6.42 Å². The van der Waals surface area contributed by atoms with E-state index in [1.165, 1.54) is 24.6 Å². The van der Waals surface area contributed by atoms with Gasteiger partial charge in [0.2, 0.25) is 11.8 Å². The molecule has 2 rings (SSSR count). The fourth-order valence-corrected chi connectivity index (χ4v) is 2.59. The molecule has 2 aromatic carbocycles. The van der Waals surface area contributed by atoms with Gasteiger partial charge >= 0.3 is 0 Å². The van der Waals surface area contributed by atoms with Crippen LogP contribution in [-0.4, -0.2) is 34.5 Å². The highest BCUT2D eigenvalue weighted by Gasteiger charge is 2.08. The first-order valence-electron chi connectivity index (χ1n) is 7.46. The molecule has 0 bridgehead atoms. The van der Waals surface area contributed by atoms with Crippen molar-refractivity contribution in [1.29, 1.82) is 0 Å². The lowest BCUT2D eigenvalue weighted by Crippen LogP contribution is -2.27. The lowest BCUT2D eigenvalue weighted by Gasteiger charge is -2.01. The van der Waals surface area contributed by atoms with Gasteiger partial charge in [0, 0.05) is 20.1 Å². The number of phenolic OH excluding ortho intramolecular Hbond substituents is 2. The van der Waals surface area contributed by atoms with E-state index in [0.29, 0.717) is 11.1 Å². The van der Waals surface area contributed by atoms with Gasteiger partial charge in [0.1, 0.15) is 17.9 Å². The van der Waals surface area contributed by atoms with E-state index >= 15 is 0 Å². The van der Waals surface area contributed by atoms with E-state index in [-0.39, 0.29) is 11.5 Å². The standard InChI is InChI=1S/C17H14Br2N4O4/c18-12-1-3-14(24)10(5-12)8-20-22-16(26)7-17(27)23-21-9-11-6-13(19)2-4-15(11)25/h1-6,8-9,24-25H,7H2,(H,22,26)(H,23,27)/b20-8-,21-9+. The van der Waals surface area contributed by atoms with Crippen LogP contribution >= 0.6 is 31.9 Å². The summed E-state index contributed by atoms with van der Waals surface area (Å²) in [6, 6.07) is 9.49. The molecule has 0 saturated heterocycles. The maximum absolute atomic E-state index is 11.7. The molecule has 0 heterocycles. The van der Waals surface area contributed by atoms with Gasteiger partial charge in [-0.25, -0.2) is 10.9 Å². The van der Waals surface area contributed by atoms with Crippen molar-refractivity contribution in [3.63, 3.8) is 0 Å². The maximum Gasteiger partial charge on any atom is 0.249 e. The third-order valence-corrected chi connectivity index (χ3v) is 4.07. The Morgan fingerprint density at radius 1 is 0.852 bits per heavy atom. The Bertz CT molecular complexity index is 842. The van der Waals surface area contributed by atoms with Crippen LogP contribution in [0.15, 0.2) is 55.5 Å². The van der Waals surface area contributed by atoms with E-state index in [2.05, 4.69) is 52.9 Å². The normalized spacial score (nSPS) is 11.0. The van der Waals surface area contributed by atoms with Gasteiger partial charge in [-0.3, -0.25) is 9.59 Å². The first-order valence-corrected chi connectivity index (χ1v) is 9.04. The zero-order valence-electron chi connectivity index (χ0n) is 13.7. The van der Waals surface area contributed by atoms with Crippen LogP contribution in [0.2, 0.25) is 0 Å². The average Bonchev–Trinajstić information content (AvgIpc) is 2.61. The van der Waals surface area contributed by atoms with Crippen LogP contribution in [0.4, 0.5) is 0 Å². The minimum atomic E-state index is -0.654. The van der Waals surface area contributed by atoms with Crippen molar-refractivity contribution in [3.05, 3.63) is 56.5 Å². The molecule has 0 atom stereocenters. The summed E-state index contributed by atoms with van der Waals surface area (Å²) in [6.07, 6.45) is 2.01. The molecule has 4 N–H and O–H groups in total. The van der Waals surface area contributed by atoms with E-state index in [4.69, 9.17) is 0 Å². The number of hydrogen-bond donors (Lipinski definition) is 4. The van der Waals surface area contributed by atoms with Gasteiger partial charge in [0.05, 0.1) is 12.4 Å². The number of nitrogens with one attached hydrogen (secondary N) is 2. The molecule has 2 amide bonds. The molecule has 0 saturated carbocycles. The number of hydrogen-bond acceptors (Lipinski definition) is 6. The van der Waals surface area contributed by atoms with Crippen molar-refractivity contribution < 1.29 is 19.8 Å². The molecule has 27 heavy (non-hydrogen) atoms. The summed E-state index contributed by atoms with van der Waals surface area (Å²) in [5, 5.41) is 26.7. The second-order valence-electron chi connectivity index (χ2n) is 5.17. The summed E-state index contributed by atoms with van der Waals surface area (Å²) in [5.74, 6) is -1.31. The Labute approximate surface area is 171 Å². The maximum atomic E-state index is 11.7. The Hall–Kier alpha value is -2.72. The van der Waals surface area contributed by atoms with E-state index in [0.717, 1.165) is 8.95 Å². The first-order chi connectivity index (χ1) is 12.8. The number of amides is 2. The topological polar surface area (TPSA) is 123 Å². The molecule has 0 fully saturated rings. The van der Waals surface area contributed by atoms with Crippen molar-refractivity contribution >= 4 is 56.1 Å². The van der Waals surface area contributed by atoms with Crippen LogP contribution in [0.1, 0.15) is 17.5 Å². The minimum absolute atomic E-state index is 0.000851. The highest BCUT2D eigenvalue weighted by atomic mass is 79.9. The van der Waals surface area contributed by atoms with Crippen LogP contribution in [0, 0.1) is 0 Å². The van der Waals surface area contributed by atoms with Crippen LogP contribution in [-0.2, 0) is 9.59 Å². The molecule has 0 aromatic heterocycles. The molecule has 140 valence electrons. The molecule has 8 nitrogen and oxygen atoms in total. The highest BCUT2D eigenvalue weighted by Crippen LogP contribution is 2.20. The zero-order valence-corrected chi connectivity index (χ0v) is 16.9. The first kappa shape index (κ1) is 20.6. The number of rotatable bonds is 6. The van der Waals surface area contributed by atoms with Gasteiger partial charge in [-0.1, -0.05) is 31.9 Å². The van der Waals surface area contributed by atoms with Crippen LogP contribution < -0.4 is 10.9 Å². The number of hydrazone groups is 2. The fourth-order valence-electron chi connectivity index (χ4n) is 1.83. The quantitative estimate of drug-likeness (QED) is 0.278. The van der Waals surface area contributed by atoms with E-state index < -0.39 is 18.2 Å². The summed E-state index contributed by atoms with van der Waals surface area (Å²) in [5.41, 5.74) is 5.15. The summed E-state index contributed by atoms with van der Waals surface area (Å²) in [7, 11) is 0. The van der Waals surface area contributed by atoms with Crippen molar-refractivity contribution in [1.82, 2.24) is 10.9 Å². The van der Waals surface area contributed by atoms with Gasteiger partial charge < -0.3 is 10.2 Å². The number of carbonyl (C=O) groups excluding carboxylic acids is 2. The van der Waals surface area contributed by atoms with E-state index in [9.17, 15) is 19.8 Å². The Balaban J connectivity index is 1.82. The van der Waals surface area contributed by atoms with Crippen LogP contribution in [0.3, 0.4) is 0 Å². The number of phenols is 2. The smallest absolute Gasteiger partial charge is 0.249 e. The lowest BCUT2D eigenvalue weighted by molar-refractivity contribution is -0.129. The summed E-state index contributed by atoms with van der Waals surface area (Å²) >= 11 is 6.51. The third kappa shape index (κ3) is 6.83. The zero-order chi connectivity index (χ0) is 19.8. The molecule has 0 aliphatic carbocycles. The van der Waals surface area contributed by atoms with Crippen LogP contribution in [0.5, 0.6) is 11.5 Å². The molecular formula is C17H14Br2N4O4. The molecule has 0 aliphatic rings. The van der Waals surface area contributed by atoms with E-state index in [1.54, 1.807) is 24.3 Å². The summed E-state index contributed by atoms with van der Waals surface area (Å²) in [4.78, 5) is 23.3. The van der Waals surface area contributed by atoms with Gasteiger partial charge in [0.25, 0.3) is 0 Å². The van der Waals surface area contributed by atoms with Gasteiger partial charge in [-0.05, 0) is 36.4 Å². The highest BCUT2D eigenvalue weighted by molar-refractivity contribution is 9.10. The van der Waals surface area contributed by atoms with E-state index in [1.807, 2.05) is 0 Å². The predicted octanol–water partition coefficient (Wildman–Crippen LogP) is 2.61. The molecule has 0 radical (unpaired) electrons. The summed E-state index contributed by atoms with van der Waals surface area (Å²) in [6.45, 7) is 0. The SMILES string of the molecule is O=C(CC(=O)N/N=C/c1cc(Br)ccc1O)N/N=C\c1cc(Br)ccc1O. The second kappa shape index (κ2) is 9.83. The van der Waals surface area contributed by atoms with Crippen molar-refractivity contribution in [3.8, 4) is 11.5 Å². The van der Waals surface area contributed by atoms with Crippen molar-refractivity contribution in [2.24, 2.45) is 10.2 Å². The van der Waals surface area contributed by atoms with Gasteiger partial charge in [0.15, 0.2) is 0 Å².